The van der Waals surface area contributed by atoms with Gasteiger partial charge in [-0.3, -0.25) is 14.2 Å². The van der Waals surface area contributed by atoms with Crippen molar-refractivity contribution < 1.29 is 37.4 Å². The van der Waals surface area contributed by atoms with E-state index in [0.29, 0.717) is 38.6 Å². The highest BCUT2D eigenvalue weighted by atomic mass is 31.2. The molecular weight excluding hydrogens is 567 g/mol. The standard InChI is InChI=1S/C30H40F2N3O6P/c31-23-13-8-14-24(32)22(23)19-42(39,40)30-18-20(30)10-4-2-1-3-5-15-25(33-29(38)41-21-11-6-7-12-21)28(37)35-17-9-16-26(35)27(36)34-30/h4,8,10,13-14,20-21,25-26H,1-3,5-7,9,11-12,15-19H2,(H,33,38)(H,34,36)(H,39,40)/b10-4-/t20-,25+,26+,30+/m1/s1. The third-order valence-corrected chi connectivity index (χ3v) is 11.7. The largest absolute Gasteiger partial charge is 0.446 e. The molecule has 1 unspecified atom stereocenters. The average molecular weight is 608 g/mol. The molecule has 2 heterocycles. The minimum atomic E-state index is -4.39. The van der Waals surface area contributed by atoms with Crippen LogP contribution in [0.2, 0.25) is 0 Å². The fraction of sp³-hybridized carbons (Fsp3) is 0.633. The highest BCUT2D eigenvalue weighted by Crippen LogP contribution is 2.71. The van der Waals surface area contributed by atoms with Gasteiger partial charge in [0.15, 0.2) is 0 Å². The highest BCUT2D eigenvalue weighted by Gasteiger charge is 2.66. The number of halogens is 2. The van der Waals surface area contributed by atoms with E-state index >= 15 is 0 Å². The van der Waals surface area contributed by atoms with Crippen molar-refractivity contribution in [1.29, 1.82) is 0 Å². The van der Waals surface area contributed by atoms with Crippen LogP contribution in [0.4, 0.5) is 13.6 Å². The molecule has 9 nitrogen and oxygen atoms in total. The van der Waals surface area contributed by atoms with Crippen molar-refractivity contribution in [3.05, 3.63) is 47.5 Å². The van der Waals surface area contributed by atoms with E-state index in [1.165, 1.54) is 11.0 Å². The Kier molecular flexibility index (Phi) is 9.38. The Morgan fingerprint density at radius 3 is 2.52 bits per heavy atom. The molecular formula is C30H40F2N3O6P. The molecule has 2 aliphatic heterocycles. The Labute approximate surface area is 244 Å². The van der Waals surface area contributed by atoms with Crippen LogP contribution in [0.25, 0.3) is 0 Å². The molecule has 3 N–H and O–H groups in total. The normalized spacial score (nSPS) is 31.1. The molecule has 2 saturated carbocycles. The van der Waals surface area contributed by atoms with E-state index in [0.717, 1.165) is 50.7 Å². The quantitative estimate of drug-likeness (QED) is 0.316. The van der Waals surface area contributed by atoms with Gasteiger partial charge in [0.05, 0.1) is 6.16 Å². The maximum Gasteiger partial charge on any atom is 0.408 e. The van der Waals surface area contributed by atoms with E-state index in [4.69, 9.17) is 4.74 Å². The molecule has 1 aromatic carbocycles. The maximum absolute atomic E-state index is 14.5. The zero-order valence-electron chi connectivity index (χ0n) is 23.7. The van der Waals surface area contributed by atoms with E-state index in [1.807, 2.05) is 12.2 Å². The number of ether oxygens (including phenoxy) is 1. The lowest BCUT2D eigenvalue weighted by molar-refractivity contribution is -0.140. The van der Waals surface area contributed by atoms with Gasteiger partial charge in [-0.05, 0) is 76.3 Å². The number of fused-ring (bicyclic) bond motifs is 2. The number of carbonyl (C=O) groups excluding carboxylic acids is 3. The van der Waals surface area contributed by atoms with Crippen molar-refractivity contribution in [1.82, 2.24) is 15.5 Å². The van der Waals surface area contributed by atoms with Crippen LogP contribution in [0, 0.1) is 17.6 Å². The molecule has 2 aliphatic carbocycles. The first kappa shape index (κ1) is 30.7. The summed E-state index contributed by atoms with van der Waals surface area (Å²) in [6.45, 7) is 0.306. The van der Waals surface area contributed by atoms with E-state index in [1.54, 1.807) is 0 Å². The summed E-state index contributed by atoms with van der Waals surface area (Å²) >= 11 is 0. The summed E-state index contributed by atoms with van der Waals surface area (Å²) in [5.74, 6) is -3.29. The minimum Gasteiger partial charge on any atom is -0.446 e. The lowest BCUT2D eigenvalue weighted by atomic mass is 10.1. The van der Waals surface area contributed by atoms with Crippen molar-refractivity contribution in [2.75, 3.05) is 6.54 Å². The molecule has 3 amide bonds. The number of hydrogen-bond donors (Lipinski definition) is 3. The first-order valence-corrected chi connectivity index (χ1v) is 17.0. The number of allylic oxidation sites excluding steroid dienone is 1. The molecule has 3 fully saturated rings. The zero-order valence-corrected chi connectivity index (χ0v) is 24.6. The van der Waals surface area contributed by atoms with Crippen LogP contribution in [-0.2, 0) is 25.1 Å². The molecule has 42 heavy (non-hydrogen) atoms. The number of alkyl carbamates (subject to hydrolysis) is 1. The van der Waals surface area contributed by atoms with Gasteiger partial charge in [0.25, 0.3) is 0 Å². The predicted molar refractivity (Wildman–Crippen MR) is 151 cm³/mol. The Morgan fingerprint density at radius 2 is 1.79 bits per heavy atom. The summed E-state index contributed by atoms with van der Waals surface area (Å²) in [6.07, 6.45) is 10.2. The van der Waals surface area contributed by atoms with Crippen molar-refractivity contribution in [3.63, 3.8) is 0 Å². The number of nitrogens with one attached hydrogen (secondary N) is 2. The fourth-order valence-electron chi connectivity index (χ4n) is 6.61. The Hall–Kier alpha value is -2.78. The van der Waals surface area contributed by atoms with Crippen LogP contribution < -0.4 is 10.6 Å². The molecule has 0 bridgehead atoms. The third kappa shape index (κ3) is 6.57. The number of nitrogens with zero attached hydrogens (tertiary/aromatic N) is 1. The predicted octanol–water partition coefficient (Wildman–Crippen LogP) is 5.12. The second kappa shape index (κ2) is 12.8. The van der Waals surface area contributed by atoms with Gasteiger partial charge >= 0.3 is 6.09 Å². The van der Waals surface area contributed by atoms with Gasteiger partial charge in [0.1, 0.15) is 35.1 Å². The summed E-state index contributed by atoms with van der Waals surface area (Å²) < 4.78 is 48.3. The molecule has 5 rings (SSSR count). The van der Waals surface area contributed by atoms with E-state index in [2.05, 4.69) is 10.6 Å². The van der Waals surface area contributed by atoms with Crippen molar-refractivity contribution in [3.8, 4) is 0 Å². The molecule has 1 saturated heterocycles. The highest BCUT2D eigenvalue weighted by molar-refractivity contribution is 7.59. The van der Waals surface area contributed by atoms with Gasteiger partial charge in [0, 0.05) is 18.0 Å². The summed E-state index contributed by atoms with van der Waals surface area (Å²) in [4.78, 5) is 52.9. The maximum atomic E-state index is 14.5. The van der Waals surface area contributed by atoms with Gasteiger partial charge in [0.2, 0.25) is 19.2 Å². The van der Waals surface area contributed by atoms with E-state index in [-0.39, 0.29) is 18.4 Å². The van der Waals surface area contributed by atoms with Crippen LogP contribution in [0.5, 0.6) is 0 Å². The summed E-state index contributed by atoms with van der Waals surface area (Å²) in [7, 11) is -4.39. The van der Waals surface area contributed by atoms with Crippen LogP contribution in [0.1, 0.15) is 82.6 Å². The molecule has 4 aliphatic rings. The number of carbonyl (C=O) groups is 3. The molecule has 0 radical (unpaired) electrons. The molecule has 0 aromatic heterocycles. The van der Waals surface area contributed by atoms with E-state index < -0.39 is 66.0 Å². The Bertz CT molecular complexity index is 1250. The molecule has 5 atom stereocenters. The van der Waals surface area contributed by atoms with Gasteiger partial charge in [-0.15, -0.1) is 0 Å². The summed E-state index contributed by atoms with van der Waals surface area (Å²) in [6, 6.07) is 1.50. The smallest absolute Gasteiger partial charge is 0.408 e. The second-order valence-corrected chi connectivity index (χ2v) is 14.6. The Balaban J connectivity index is 1.37. The molecule has 1 aromatic rings. The lowest BCUT2D eigenvalue weighted by Crippen LogP contribution is -2.55. The van der Waals surface area contributed by atoms with Crippen molar-refractivity contribution >= 4 is 25.3 Å². The van der Waals surface area contributed by atoms with Gasteiger partial charge in [-0.25, -0.2) is 13.6 Å². The average Bonchev–Trinajstić information content (AvgIpc) is 3.27. The Morgan fingerprint density at radius 1 is 1.07 bits per heavy atom. The van der Waals surface area contributed by atoms with Crippen molar-refractivity contribution in [2.45, 2.75) is 107 Å². The molecule has 0 spiro atoms. The van der Waals surface area contributed by atoms with Crippen LogP contribution in [0.15, 0.2) is 30.4 Å². The van der Waals surface area contributed by atoms with Crippen LogP contribution in [-0.4, -0.2) is 57.7 Å². The van der Waals surface area contributed by atoms with E-state index in [9.17, 15) is 32.6 Å². The summed E-state index contributed by atoms with van der Waals surface area (Å²) in [5.41, 5.74) is -0.492. The number of amides is 3. The molecule has 230 valence electrons. The van der Waals surface area contributed by atoms with Crippen LogP contribution in [0.3, 0.4) is 0 Å². The minimum absolute atomic E-state index is 0.150. The zero-order chi connectivity index (χ0) is 29.9. The number of benzene rings is 1. The monoisotopic (exact) mass is 607 g/mol. The van der Waals surface area contributed by atoms with Gasteiger partial charge in [-0.1, -0.05) is 31.1 Å². The van der Waals surface area contributed by atoms with Gasteiger partial charge < -0.3 is 25.2 Å². The topological polar surface area (TPSA) is 125 Å². The SMILES string of the molecule is O=C(N[C@H]1CCCCC/C=C\[C@@H]2C[C@@]2(P(=O)(O)Cc2c(F)cccc2F)NC(=O)[C@@H]2CCCN2C1=O)OC1CCCC1. The number of rotatable bonds is 5. The summed E-state index contributed by atoms with van der Waals surface area (Å²) in [5, 5.41) is 3.94. The number of hydrogen-bond acceptors (Lipinski definition) is 5. The van der Waals surface area contributed by atoms with Crippen LogP contribution >= 0.6 is 7.37 Å². The first-order valence-electron chi connectivity index (χ1n) is 15.1. The van der Waals surface area contributed by atoms with Crippen molar-refractivity contribution in [2.24, 2.45) is 5.92 Å². The first-order chi connectivity index (χ1) is 20.1. The molecule has 12 heteroatoms. The second-order valence-electron chi connectivity index (χ2n) is 12.0. The fourth-order valence-corrected chi connectivity index (χ4v) is 9.00. The third-order valence-electron chi connectivity index (χ3n) is 9.12. The van der Waals surface area contributed by atoms with Gasteiger partial charge in [-0.2, -0.15) is 0 Å². The lowest BCUT2D eigenvalue weighted by Gasteiger charge is -2.31.